The first-order valence-corrected chi connectivity index (χ1v) is 9.92. The molecule has 0 saturated carbocycles. The van der Waals surface area contributed by atoms with E-state index < -0.39 is 0 Å². The summed E-state index contributed by atoms with van der Waals surface area (Å²) in [6.45, 7) is 4.05. The first-order valence-electron chi connectivity index (χ1n) is 9.92. The summed E-state index contributed by atoms with van der Waals surface area (Å²) < 4.78 is 16.1. The van der Waals surface area contributed by atoms with Crippen molar-refractivity contribution in [3.05, 3.63) is 82.4 Å². The lowest BCUT2D eigenvalue weighted by atomic mass is 10.0. The fraction of sp³-hybridized carbons (Fsp3) is 0.192. The van der Waals surface area contributed by atoms with Crippen molar-refractivity contribution in [2.75, 3.05) is 26.6 Å². The summed E-state index contributed by atoms with van der Waals surface area (Å²) in [6.07, 6.45) is 3.81. The molecule has 5 heteroatoms. The molecule has 0 aliphatic heterocycles. The van der Waals surface area contributed by atoms with E-state index in [0.717, 1.165) is 22.6 Å². The Morgan fingerprint density at radius 3 is 2.10 bits per heavy atom. The molecule has 5 nitrogen and oxygen atoms in total. The number of carbonyl (C=O) groups is 1. The molecule has 0 bridgehead atoms. The highest BCUT2D eigenvalue weighted by Crippen LogP contribution is 2.31. The number of rotatable bonds is 7. The quantitative estimate of drug-likeness (QED) is 0.497. The lowest BCUT2D eigenvalue weighted by Gasteiger charge is -2.15. The summed E-state index contributed by atoms with van der Waals surface area (Å²) in [5.74, 6) is 1.58. The van der Waals surface area contributed by atoms with Gasteiger partial charge in [-0.1, -0.05) is 30.4 Å². The van der Waals surface area contributed by atoms with Gasteiger partial charge in [-0.25, -0.2) is 0 Å². The zero-order valence-corrected chi connectivity index (χ0v) is 18.5. The van der Waals surface area contributed by atoms with Crippen molar-refractivity contribution < 1.29 is 19.0 Å². The van der Waals surface area contributed by atoms with Crippen molar-refractivity contribution in [2.24, 2.45) is 0 Å². The van der Waals surface area contributed by atoms with Crippen LogP contribution in [0.1, 0.15) is 32.6 Å². The highest BCUT2D eigenvalue weighted by atomic mass is 16.5. The first kappa shape index (κ1) is 22.0. The average molecular weight is 418 g/mol. The second-order valence-electron chi connectivity index (χ2n) is 7.15. The number of nitrogens with one attached hydrogen (secondary N) is 1. The minimum atomic E-state index is -0.253. The number of benzene rings is 3. The maximum atomic E-state index is 13.2. The lowest BCUT2D eigenvalue weighted by molar-refractivity contribution is 0.102. The van der Waals surface area contributed by atoms with Gasteiger partial charge in [0.25, 0.3) is 5.91 Å². The highest BCUT2D eigenvalue weighted by Gasteiger charge is 2.18. The highest BCUT2D eigenvalue weighted by molar-refractivity contribution is 6.09. The molecule has 0 atom stereocenters. The number of hydrogen-bond acceptors (Lipinski definition) is 4. The van der Waals surface area contributed by atoms with Crippen LogP contribution in [-0.2, 0) is 0 Å². The normalized spacial score (nSPS) is 10.7. The molecule has 0 aromatic heterocycles. The molecule has 1 amide bonds. The zero-order valence-electron chi connectivity index (χ0n) is 18.5. The van der Waals surface area contributed by atoms with Crippen LogP contribution in [0.4, 0.5) is 5.69 Å². The number of hydrogen-bond donors (Lipinski definition) is 1. The minimum absolute atomic E-state index is 0.253. The third-order valence-electron chi connectivity index (χ3n) is 5.12. The molecule has 0 heterocycles. The lowest BCUT2D eigenvalue weighted by Crippen LogP contribution is -2.15. The van der Waals surface area contributed by atoms with Crippen molar-refractivity contribution in [1.82, 2.24) is 0 Å². The molecule has 160 valence electrons. The monoisotopic (exact) mass is 417 g/mol. The zero-order chi connectivity index (χ0) is 22.4. The topological polar surface area (TPSA) is 56.8 Å². The van der Waals surface area contributed by atoms with Gasteiger partial charge < -0.3 is 19.5 Å². The molecule has 31 heavy (non-hydrogen) atoms. The van der Waals surface area contributed by atoms with Crippen molar-refractivity contribution in [1.29, 1.82) is 0 Å². The molecule has 3 aromatic rings. The summed E-state index contributed by atoms with van der Waals surface area (Å²) in [4.78, 5) is 13.2. The van der Waals surface area contributed by atoms with Gasteiger partial charge in [0.05, 0.1) is 26.9 Å². The van der Waals surface area contributed by atoms with E-state index in [9.17, 15) is 4.79 Å². The molecule has 0 saturated heterocycles. The van der Waals surface area contributed by atoms with Crippen LogP contribution < -0.4 is 19.5 Å². The largest absolute Gasteiger partial charge is 0.497 e. The fourth-order valence-corrected chi connectivity index (χ4v) is 3.18. The number of methoxy groups -OCH3 is 3. The second-order valence-corrected chi connectivity index (χ2v) is 7.15. The van der Waals surface area contributed by atoms with Crippen molar-refractivity contribution >= 4 is 23.7 Å². The number of carbonyl (C=O) groups excluding carboxylic acids is 1. The molecular formula is C26H27NO4. The van der Waals surface area contributed by atoms with E-state index in [1.54, 1.807) is 27.4 Å². The van der Waals surface area contributed by atoms with Crippen LogP contribution in [0.2, 0.25) is 0 Å². The average Bonchev–Trinajstić information content (AvgIpc) is 2.79. The molecule has 1 N–H and O–H groups in total. The molecule has 0 radical (unpaired) electrons. The van der Waals surface area contributed by atoms with Gasteiger partial charge in [-0.3, -0.25) is 4.79 Å². The number of amides is 1. The van der Waals surface area contributed by atoms with Crippen LogP contribution in [0.15, 0.2) is 54.6 Å². The van der Waals surface area contributed by atoms with Crippen LogP contribution in [0.5, 0.6) is 17.2 Å². The molecule has 3 rings (SSSR count). The van der Waals surface area contributed by atoms with Crippen LogP contribution in [0, 0.1) is 13.8 Å². The summed E-state index contributed by atoms with van der Waals surface area (Å²) in [5, 5.41) is 2.98. The van der Waals surface area contributed by atoms with Crippen molar-refractivity contribution in [3.63, 3.8) is 0 Å². The van der Waals surface area contributed by atoms with Crippen molar-refractivity contribution in [2.45, 2.75) is 13.8 Å². The Morgan fingerprint density at radius 2 is 1.48 bits per heavy atom. The first-order chi connectivity index (χ1) is 14.9. The summed E-state index contributed by atoms with van der Waals surface area (Å²) in [6, 6.07) is 17.0. The van der Waals surface area contributed by atoms with Gasteiger partial charge >= 0.3 is 0 Å². The van der Waals surface area contributed by atoms with E-state index in [1.165, 1.54) is 5.56 Å². The SMILES string of the molecule is COc1ccc(/C=C/c2cc(OC)cc(OC)c2C(=O)Nc2ccc(C)c(C)c2)cc1. The van der Waals surface area contributed by atoms with E-state index in [4.69, 9.17) is 14.2 Å². The number of anilines is 1. The summed E-state index contributed by atoms with van der Waals surface area (Å²) in [5.41, 5.74) is 5.11. The van der Waals surface area contributed by atoms with Crippen LogP contribution in [-0.4, -0.2) is 27.2 Å². The maximum absolute atomic E-state index is 13.2. The predicted octanol–water partition coefficient (Wildman–Crippen LogP) is 5.75. The van der Waals surface area contributed by atoms with Gasteiger partial charge in [0.15, 0.2) is 0 Å². The molecule has 3 aromatic carbocycles. The Morgan fingerprint density at radius 1 is 0.774 bits per heavy atom. The van der Waals surface area contributed by atoms with Gasteiger partial charge in [0.2, 0.25) is 0 Å². The fourth-order valence-electron chi connectivity index (χ4n) is 3.18. The molecule has 0 unspecified atom stereocenters. The molecule has 0 fully saturated rings. The van der Waals surface area contributed by atoms with Gasteiger partial charge in [-0.2, -0.15) is 0 Å². The predicted molar refractivity (Wildman–Crippen MR) is 125 cm³/mol. The second kappa shape index (κ2) is 9.85. The third-order valence-corrected chi connectivity index (χ3v) is 5.12. The Labute approximate surface area is 183 Å². The Hall–Kier alpha value is -3.73. The van der Waals surface area contributed by atoms with E-state index in [2.05, 4.69) is 5.32 Å². The molecular weight excluding hydrogens is 390 g/mol. The standard InChI is InChI=1S/C26H27NO4/c1-17-6-11-21(14-18(17)2)27-26(28)25-20(15-23(30-4)16-24(25)31-5)10-7-19-8-12-22(29-3)13-9-19/h6-16H,1-5H3,(H,27,28)/b10-7+. The Bertz CT molecular complexity index is 1100. The smallest absolute Gasteiger partial charge is 0.260 e. The number of aryl methyl sites for hydroxylation is 2. The summed E-state index contributed by atoms with van der Waals surface area (Å²) in [7, 11) is 4.76. The molecule has 0 spiro atoms. The molecule has 0 aliphatic rings. The van der Waals surface area contributed by atoms with Gasteiger partial charge in [-0.15, -0.1) is 0 Å². The van der Waals surface area contributed by atoms with Crippen LogP contribution in [0.3, 0.4) is 0 Å². The maximum Gasteiger partial charge on any atom is 0.260 e. The Balaban J connectivity index is 1.99. The van der Waals surface area contributed by atoms with Crippen LogP contribution >= 0.6 is 0 Å². The third kappa shape index (κ3) is 5.25. The van der Waals surface area contributed by atoms with Crippen LogP contribution in [0.25, 0.3) is 12.2 Å². The minimum Gasteiger partial charge on any atom is -0.497 e. The van der Waals surface area contributed by atoms with Crippen molar-refractivity contribution in [3.8, 4) is 17.2 Å². The number of ether oxygens (including phenoxy) is 3. The van der Waals surface area contributed by atoms with E-state index in [1.807, 2.05) is 74.5 Å². The van der Waals surface area contributed by atoms with E-state index in [0.29, 0.717) is 22.6 Å². The van der Waals surface area contributed by atoms with Gasteiger partial charge in [-0.05, 0) is 66.4 Å². The Kier molecular flexibility index (Phi) is 6.98. The molecule has 0 aliphatic carbocycles. The van der Waals surface area contributed by atoms with E-state index in [-0.39, 0.29) is 5.91 Å². The summed E-state index contributed by atoms with van der Waals surface area (Å²) >= 11 is 0. The van der Waals surface area contributed by atoms with Gasteiger partial charge in [0.1, 0.15) is 17.2 Å². The van der Waals surface area contributed by atoms with E-state index >= 15 is 0 Å². The van der Waals surface area contributed by atoms with Gasteiger partial charge in [0, 0.05) is 11.8 Å².